The van der Waals surface area contributed by atoms with Crippen LogP contribution in [0.2, 0.25) is 0 Å². The molecule has 2 aromatic rings. The Labute approximate surface area is 118 Å². The van der Waals surface area contributed by atoms with Crippen LogP contribution in [0.1, 0.15) is 26.7 Å². The number of carbonyl (C=O) groups is 1. The molecule has 1 amide bonds. The molecule has 0 saturated heterocycles. The normalized spacial score (nSPS) is 13.6. The van der Waals surface area contributed by atoms with Gasteiger partial charge >= 0.3 is 0 Å². The van der Waals surface area contributed by atoms with Crippen molar-refractivity contribution in [3.63, 3.8) is 0 Å². The van der Waals surface area contributed by atoms with Crippen LogP contribution in [-0.4, -0.2) is 21.6 Å². The lowest BCUT2D eigenvalue weighted by molar-refractivity contribution is -0.120. The summed E-state index contributed by atoms with van der Waals surface area (Å²) in [6.45, 7) is 3.76. The Morgan fingerprint density at radius 1 is 1.53 bits per heavy atom. The predicted molar refractivity (Wildman–Crippen MR) is 79.5 cm³/mol. The van der Waals surface area contributed by atoms with Crippen molar-refractivity contribution in [2.45, 2.75) is 32.2 Å². The van der Waals surface area contributed by atoms with Gasteiger partial charge in [0.15, 0.2) is 0 Å². The molecule has 1 unspecified atom stereocenters. The number of benzene rings is 1. The minimum absolute atomic E-state index is 0. The number of rotatable bonds is 4. The molecule has 4 N–H and O–H groups in total. The number of nitrogens with zero attached hydrogens (tertiary/aromatic N) is 1. The third-order valence-corrected chi connectivity index (χ3v) is 3.01. The number of hydrogen-bond acceptors (Lipinski definition) is 3. The Morgan fingerprint density at radius 3 is 2.95 bits per heavy atom. The predicted octanol–water partition coefficient (Wildman–Crippen LogP) is 2.44. The number of amides is 1. The molecule has 0 saturated carbocycles. The summed E-state index contributed by atoms with van der Waals surface area (Å²) in [7, 11) is 0. The number of nitrogens with two attached hydrogens (primary N) is 1. The third-order valence-electron chi connectivity index (χ3n) is 3.01. The van der Waals surface area contributed by atoms with Gasteiger partial charge in [0.05, 0.1) is 22.9 Å². The lowest BCUT2D eigenvalue weighted by Gasteiger charge is -2.22. The maximum atomic E-state index is 12.1. The van der Waals surface area contributed by atoms with Gasteiger partial charge in [0.2, 0.25) is 5.91 Å². The van der Waals surface area contributed by atoms with E-state index in [1.165, 1.54) is 0 Å². The Balaban J connectivity index is 0.00000180. The second-order valence-corrected chi connectivity index (χ2v) is 4.76. The second-order valence-electron chi connectivity index (χ2n) is 4.76. The molecule has 1 heterocycles. The first-order chi connectivity index (χ1) is 8.54. The van der Waals surface area contributed by atoms with E-state index < -0.39 is 5.54 Å². The number of nitrogens with one attached hydrogen (secondary N) is 2. The Morgan fingerprint density at radius 2 is 2.26 bits per heavy atom. The molecule has 6 heteroatoms. The van der Waals surface area contributed by atoms with Crippen molar-refractivity contribution < 1.29 is 4.79 Å². The number of fused-ring (bicyclic) bond motifs is 1. The van der Waals surface area contributed by atoms with Crippen LogP contribution in [-0.2, 0) is 4.79 Å². The average molecular weight is 283 g/mol. The summed E-state index contributed by atoms with van der Waals surface area (Å²) in [4.78, 5) is 12.1. The highest BCUT2D eigenvalue weighted by Crippen LogP contribution is 2.22. The Bertz CT molecular complexity index is 565. The molecular formula is C13H19ClN4O. The first-order valence-corrected chi connectivity index (χ1v) is 6.07. The molecule has 5 nitrogen and oxygen atoms in total. The van der Waals surface area contributed by atoms with E-state index in [4.69, 9.17) is 5.73 Å². The quantitative estimate of drug-likeness (QED) is 0.805. The fraction of sp³-hybridized carbons (Fsp3) is 0.385. The van der Waals surface area contributed by atoms with Crippen LogP contribution in [0.5, 0.6) is 0 Å². The number of para-hydroxylation sites is 1. The second kappa shape index (κ2) is 6.04. The summed E-state index contributed by atoms with van der Waals surface area (Å²) in [6, 6.07) is 5.64. The third kappa shape index (κ3) is 3.24. The summed E-state index contributed by atoms with van der Waals surface area (Å²) in [5.41, 5.74) is 6.68. The standard InChI is InChI=1S/C13H18N4O.ClH/c1-3-7-13(2,14)12(18)16-10-6-4-5-9-8-15-17-11(9)10;/h4-6,8H,3,7,14H2,1-2H3,(H,15,17)(H,16,18);1H. The van der Waals surface area contributed by atoms with Crippen molar-refractivity contribution >= 4 is 34.9 Å². The van der Waals surface area contributed by atoms with Gasteiger partial charge in [0.1, 0.15) is 0 Å². The number of aromatic amines is 1. The molecule has 0 aliphatic rings. The number of H-pyrrole nitrogens is 1. The molecule has 19 heavy (non-hydrogen) atoms. The molecule has 104 valence electrons. The largest absolute Gasteiger partial charge is 0.323 e. The monoisotopic (exact) mass is 282 g/mol. The zero-order chi connectivity index (χ0) is 13.2. The highest BCUT2D eigenvalue weighted by atomic mass is 35.5. The van der Waals surface area contributed by atoms with Crippen LogP contribution in [0.4, 0.5) is 5.69 Å². The van der Waals surface area contributed by atoms with Crippen LogP contribution < -0.4 is 11.1 Å². The fourth-order valence-electron chi connectivity index (χ4n) is 1.97. The smallest absolute Gasteiger partial charge is 0.244 e. The zero-order valence-electron chi connectivity index (χ0n) is 11.1. The molecule has 1 atom stereocenters. The summed E-state index contributed by atoms with van der Waals surface area (Å²) in [5, 5.41) is 10.7. The zero-order valence-corrected chi connectivity index (χ0v) is 11.9. The summed E-state index contributed by atoms with van der Waals surface area (Å²) >= 11 is 0. The first kappa shape index (κ1) is 15.5. The molecular weight excluding hydrogens is 264 g/mol. The maximum Gasteiger partial charge on any atom is 0.244 e. The van der Waals surface area contributed by atoms with Gasteiger partial charge in [-0.25, -0.2) is 0 Å². The molecule has 0 fully saturated rings. The van der Waals surface area contributed by atoms with Crippen molar-refractivity contribution in [3.05, 3.63) is 24.4 Å². The van der Waals surface area contributed by atoms with E-state index in [0.29, 0.717) is 12.1 Å². The van der Waals surface area contributed by atoms with E-state index in [2.05, 4.69) is 15.5 Å². The van der Waals surface area contributed by atoms with Crippen molar-refractivity contribution in [1.29, 1.82) is 0 Å². The van der Waals surface area contributed by atoms with E-state index in [9.17, 15) is 4.79 Å². The van der Waals surface area contributed by atoms with Crippen molar-refractivity contribution in [1.82, 2.24) is 10.2 Å². The summed E-state index contributed by atoms with van der Waals surface area (Å²) in [5.74, 6) is -0.175. The molecule has 0 aliphatic heterocycles. The molecule has 0 radical (unpaired) electrons. The molecule has 1 aromatic heterocycles. The SMILES string of the molecule is CCCC(C)(N)C(=O)Nc1cccc2cn[nH]c12.Cl. The van der Waals surface area contributed by atoms with Gasteiger partial charge in [-0.05, 0) is 19.4 Å². The summed E-state index contributed by atoms with van der Waals surface area (Å²) in [6.07, 6.45) is 3.24. The number of hydrogen-bond donors (Lipinski definition) is 3. The van der Waals surface area contributed by atoms with Gasteiger partial charge in [0, 0.05) is 5.39 Å². The van der Waals surface area contributed by atoms with Gasteiger partial charge < -0.3 is 11.1 Å². The molecule has 2 rings (SSSR count). The van der Waals surface area contributed by atoms with E-state index in [-0.39, 0.29) is 18.3 Å². The van der Waals surface area contributed by atoms with E-state index in [0.717, 1.165) is 17.3 Å². The van der Waals surface area contributed by atoms with Gasteiger partial charge in [-0.2, -0.15) is 5.10 Å². The minimum atomic E-state index is -0.850. The molecule has 0 aliphatic carbocycles. The lowest BCUT2D eigenvalue weighted by atomic mass is 9.96. The Hall–Kier alpha value is -1.59. The van der Waals surface area contributed by atoms with Crippen molar-refractivity contribution in [3.8, 4) is 0 Å². The highest BCUT2D eigenvalue weighted by molar-refractivity contribution is 6.03. The minimum Gasteiger partial charge on any atom is -0.323 e. The van der Waals surface area contributed by atoms with Crippen molar-refractivity contribution in [2.75, 3.05) is 5.32 Å². The highest BCUT2D eigenvalue weighted by Gasteiger charge is 2.27. The molecule has 1 aromatic carbocycles. The van der Waals surface area contributed by atoms with Crippen LogP contribution in [0, 0.1) is 0 Å². The number of aromatic nitrogens is 2. The van der Waals surface area contributed by atoms with Gasteiger partial charge in [-0.3, -0.25) is 9.89 Å². The number of anilines is 1. The van der Waals surface area contributed by atoms with E-state index >= 15 is 0 Å². The number of carbonyl (C=O) groups excluding carboxylic acids is 1. The van der Waals surface area contributed by atoms with Gasteiger partial charge in [-0.15, -0.1) is 12.4 Å². The molecule has 0 bridgehead atoms. The first-order valence-electron chi connectivity index (χ1n) is 6.07. The summed E-state index contributed by atoms with van der Waals surface area (Å²) < 4.78 is 0. The van der Waals surface area contributed by atoms with Gasteiger partial charge in [0.25, 0.3) is 0 Å². The Kier molecular flexibility index (Phi) is 4.91. The lowest BCUT2D eigenvalue weighted by Crippen LogP contribution is -2.48. The van der Waals surface area contributed by atoms with Crippen molar-refractivity contribution in [2.24, 2.45) is 5.73 Å². The van der Waals surface area contributed by atoms with Crippen LogP contribution in [0.25, 0.3) is 10.9 Å². The van der Waals surface area contributed by atoms with E-state index in [1.807, 2.05) is 25.1 Å². The number of halogens is 1. The molecule has 0 spiro atoms. The van der Waals surface area contributed by atoms with Crippen LogP contribution >= 0.6 is 12.4 Å². The fourth-order valence-corrected chi connectivity index (χ4v) is 1.97. The topological polar surface area (TPSA) is 83.8 Å². The van der Waals surface area contributed by atoms with Gasteiger partial charge in [-0.1, -0.05) is 25.5 Å². The van der Waals surface area contributed by atoms with E-state index in [1.54, 1.807) is 13.1 Å². The van der Waals surface area contributed by atoms with Crippen LogP contribution in [0.15, 0.2) is 24.4 Å². The average Bonchev–Trinajstić information content (AvgIpc) is 2.78. The maximum absolute atomic E-state index is 12.1. The van der Waals surface area contributed by atoms with Crippen LogP contribution in [0.3, 0.4) is 0 Å².